The Balaban J connectivity index is 1.50. The van der Waals surface area contributed by atoms with Crippen molar-refractivity contribution < 1.29 is 23.1 Å². The number of nitrogens with two attached hydrogens (primary N) is 1. The maximum atomic E-state index is 13.9. The number of hydrogen-bond acceptors (Lipinski definition) is 6. The molecule has 174 valence electrons. The molecule has 0 saturated carbocycles. The van der Waals surface area contributed by atoms with Crippen LogP contribution in [0.25, 0.3) is 0 Å². The number of benzene rings is 2. The van der Waals surface area contributed by atoms with Gasteiger partial charge >= 0.3 is 0 Å². The highest BCUT2D eigenvalue weighted by atomic mass is 19.1. The molecule has 2 aliphatic heterocycles. The molecule has 0 aromatic heterocycles. The summed E-state index contributed by atoms with van der Waals surface area (Å²) in [4.78, 5) is 27.0. The summed E-state index contributed by atoms with van der Waals surface area (Å²) in [6.07, 6.45) is 0.0285. The Morgan fingerprint density at radius 1 is 1.12 bits per heavy atom. The molecule has 1 saturated heterocycles. The number of nitrogens with zero attached hydrogens (tertiary/aromatic N) is 3. The van der Waals surface area contributed by atoms with Crippen molar-refractivity contribution in [2.24, 2.45) is 10.8 Å². The number of hydrogen-bond donors (Lipinski definition) is 2. The number of amides is 2. The summed E-state index contributed by atoms with van der Waals surface area (Å²) in [7, 11) is 0. The Morgan fingerprint density at radius 3 is 2.52 bits per heavy atom. The highest BCUT2D eigenvalue weighted by molar-refractivity contribution is 6.40. The van der Waals surface area contributed by atoms with Crippen molar-refractivity contribution in [2.45, 2.75) is 18.5 Å². The molecule has 33 heavy (non-hydrogen) atoms. The van der Waals surface area contributed by atoms with Gasteiger partial charge in [-0.25, -0.2) is 8.78 Å². The van der Waals surface area contributed by atoms with Crippen molar-refractivity contribution in [1.29, 1.82) is 0 Å². The van der Waals surface area contributed by atoms with E-state index in [1.54, 1.807) is 6.07 Å². The lowest BCUT2D eigenvalue weighted by Gasteiger charge is -2.35. The van der Waals surface area contributed by atoms with E-state index in [-0.39, 0.29) is 30.5 Å². The van der Waals surface area contributed by atoms with E-state index in [0.717, 1.165) is 5.56 Å². The van der Waals surface area contributed by atoms with Gasteiger partial charge in [0.15, 0.2) is 0 Å². The van der Waals surface area contributed by atoms with Gasteiger partial charge in [0.2, 0.25) is 5.91 Å². The molecule has 2 aliphatic rings. The van der Waals surface area contributed by atoms with Crippen LogP contribution in [-0.2, 0) is 14.3 Å². The van der Waals surface area contributed by atoms with Gasteiger partial charge in [0.05, 0.1) is 24.9 Å². The molecule has 2 amide bonds. The maximum absolute atomic E-state index is 13.9. The molecule has 0 spiro atoms. The minimum Gasteiger partial charge on any atom is -0.379 e. The van der Waals surface area contributed by atoms with Crippen molar-refractivity contribution in [1.82, 2.24) is 10.2 Å². The van der Waals surface area contributed by atoms with Crippen molar-refractivity contribution in [2.75, 3.05) is 37.9 Å². The van der Waals surface area contributed by atoms with Crippen LogP contribution in [0.5, 0.6) is 0 Å². The summed E-state index contributed by atoms with van der Waals surface area (Å²) >= 11 is 0. The van der Waals surface area contributed by atoms with E-state index in [1.807, 2.05) is 6.07 Å². The van der Waals surface area contributed by atoms with Crippen LogP contribution in [0.4, 0.5) is 14.5 Å². The van der Waals surface area contributed by atoms with Gasteiger partial charge in [-0.15, -0.1) is 0 Å². The van der Waals surface area contributed by atoms with Gasteiger partial charge in [0.1, 0.15) is 23.4 Å². The van der Waals surface area contributed by atoms with Crippen molar-refractivity contribution in [3.8, 4) is 0 Å². The molecule has 2 atom stereocenters. The average molecular weight is 457 g/mol. The Labute approximate surface area is 190 Å². The van der Waals surface area contributed by atoms with E-state index in [4.69, 9.17) is 10.5 Å². The first-order chi connectivity index (χ1) is 15.9. The number of carbonyl (C=O) groups is 2. The second-order valence-corrected chi connectivity index (χ2v) is 7.92. The first-order valence-electron chi connectivity index (χ1n) is 10.7. The summed E-state index contributed by atoms with van der Waals surface area (Å²) in [5, 5.41) is 8.49. The van der Waals surface area contributed by atoms with Gasteiger partial charge in [-0.3, -0.25) is 19.5 Å². The molecular weight excluding hydrogens is 432 g/mol. The zero-order chi connectivity index (χ0) is 23.4. The Hall–Kier alpha value is -3.37. The van der Waals surface area contributed by atoms with Crippen molar-refractivity contribution >= 4 is 23.2 Å². The fraction of sp³-hybridized carbons (Fsp3) is 0.348. The molecule has 0 bridgehead atoms. The minimum atomic E-state index is -0.852. The van der Waals surface area contributed by atoms with Crippen LogP contribution in [0.3, 0.4) is 0 Å². The maximum Gasteiger partial charge on any atom is 0.267 e. The molecule has 8 nitrogen and oxygen atoms in total. The molecule has 2 aromatic rings. The van der Waals surface area contributed by atoms with Gasteiger partial charge in [-0.1, -0.05) is 12.1 Å². The minimum absolute atomic E-state index is 0.0285. The van der Waals surface area contributed by atoms with Crippen LogP contribution in [0.15, 0.2) is 53.6 Å². The molecule has 10 heteroatoms. The predicted molar refractivity (Wildman–Crippen MR) is 118 cm³/mol. The second-order valence-electron chi connectivity index (χ2n) is 7.92. The Bertz CT molecular complexity index is 1040. The van der Waals surface area contributed by atoms with Crippen LogP contribution in [0.1, 0.15) is 18.0 Å². The molecule has 2 unspecified atom stereocenters. The van der Waals surface area contributed by atoms with E-state index in [9.17, 15) is 18.4 Å². The topological polar surface area (TPSA) is 100 Å². The van der Waals surface area contributed by atoms with E-state index < -0.39 is 23.7 Å². The first-order valence-corrected chi connectivity index (χ1v) is 10.7. The monoisotopic (exact) mass is 457 g/mol. The fourth-order valence-corrected chi connectivity index (χ4v) is 4.05. The van der Waals surface area contributed by atoms with E-state index in [1.165, 1.54) is 41.4 Å². The molecule has 0 radical (unpaired) electrons. The summed E-state index contributed by atoms with van der Waals surface area (Å²) < 4.78 is 32.6. The number of carbonyl (C=O) groups excluding carboxylic acids is 2. The molecule has 2 aromatic carbocycles. The lowest BCUT2D eigenvalue weighted by Crippen LogP contribution is -2.45. The first kappa shape index (κ1) is 22.8. The number of rotatable bonds is 7. The lowest BCUT2D eigenvalue weighted by molar-refractivity contribution is -0.119. The fourth-order valence-electron chi connectivity index (χ4n) is 4.05. The lowest BCUT2D eigenvalue weighted by atomic mass is 10.0. The third-order valence-corrected chi connectivity index (χ3v) is 5.77. The summed E-state index contributed by atoms with van der Waals surface area (Å²) in [5.41, 5.74) is 6.85. The summed E-state index contributed by atoms with van der Waals surface area (Å²) in [6.45, 7) is 2.64. The van der Waals surface area contributed by atoms with Gasteiger partial charge in [0, 0.05) is 26.1 Å². The normalized spacial score (nSPS) is 19.8. The average Bonchev–Trinajstić information content (AvgIpc) is 3.26. The van der Waals surface area contributed by atoms with Gasteiger partial charge in [0.25, 0.3) is 5.91 Å². The highest BCUT2D eigenvalue weighted by Crippen LogP contribution is 2.26. The molecular formula is C23H25F2N5O3. The predicted octanol–water partition coefficient (Wildman–Crippen LogP) is 1.57. The van der Waals surface area contributed by atoms with E-state index in [2.05, 4.69) is 15.3 Å². The van der Waals surface area contributed by atoms with E-state index in [0.29, 0.717) is 32.0 Å². The van der Waals surface area contributed by atoms with Crippen LogP contribution in [0, 0.1) is 11.6 Å². The highest BCUT2D eigenvalue weighted by Gasteiger charge is 2.35. The number of morpholine rings is 1. The summed E-state index contributed by atoms with van der Waals surface area (Å²) in [6, 6.07) is 10.6. The van der Waals surface area contributed by atoms with Crippen molar-refractivity contribution in [3.63, 3.8) is 0 Å². The Kier molecular flexibility index (Phi) is 6.95. The van der Waals surface area contributed by atoms with Crippen LogP contribution in [0.2, 0.25) is 0 Å². The van der Waals surface area contributed by atoms with Crippen LogP contribution < -0.4 is 16.1 Å². The third-order valence-electron chi connectivity index (χ3n) is 5.77. The number of hydrazone groups is 1. The van der Waals surface area contributed by atoms with E-state index >= 15 is 0 Å². The van der Waals surface area contributed by atoms with Gasteiger partial charge < -0.3 is 15.8 Å². The van der Waals surface area contributed by atoms with Gasteiger partial charge in [-0.05, 0) is 42.0 Å². The third kappa shape index (κ3) is 5.35. The number of primary amides is 1. The smallest absolute Gasteiger partial charge is 0.267 e. The zero-order valence-electron chi connectivity index (χ0n) is 17.9. The Morgan fingerprint density at radius 2 is 1.85 bits per heavy atom. The molecule has 2 heterocycles. The van der Waals surface area contributed by atoms with Crippen LogP contribution >= 0.6 is 0 Å². The van der Waals surface area contributed by atoms with Crippen molar-refractivity contribution in [3.05, 3.63) is 65.7 Å². The SMILES string of the molecule is NC(=O)C1CC(C(=O)NCC(c2cccc(F)c2)N2CCOCC2)=NN1c1ccc(F)cc1. The van der Waals surface area contributed by atoms with Crippen LogP contribution in [-0.4, -0.2) is 61.3 Å². The molecule has 3 N–H and O–H groups in total. The quantitative estimate of drug-likeness (QED) is 0.658. The van der Waals surface area contributed by atoms with Gasteiger partial charge in [-0.2, -0.15) is 5.10 Å². The zero-order valence-corrected chi connectivity index (χ0v) is 17.9. The molecule has 1 fully saturated rings. The second kappa shape index (κ2) is 10.1. The standard InChI is InChI=1S/C23H25F2N5O3/c24-16-4-6-18(7-5-16)30-20(22(26)31)13-19(28-30)23(32)27-14-21(29-8-10-33-11-9-29)15-2-1-3-17(25)12-15/h1-7,12,20-21H,8-11,13-14H2,(H2,26,31)(H,27,32). The number of nitrogens with one attached hydrogen (secondary N) is 1. The number of anilines is 1. The number of halogens is 2. The number of ether oxygens (including phenoxy) is 1. The molecule has 4 rings (SSSR count). The molecule has 0 aliphatic carbocycles. The summed E-state index contributed by atoms with van der Waals surface area (Å²) in [5.74, 6) is -1.86. The largest absolute Gasteiger partial charge is 0.379 e.